The van der Waals surface area contributed by atoms with Crippen LogP contribution in [0.4, 0.5) is 11.4 Å². The number of nitrogens with zero attached hydrogens (tertiary/aromatic N) is 1. The van der Waals surface area contributed by atoms with Crippen LogP contribution >= 0.6 is 0 Å². The Balaban J connectivity index is 1.92. The van der Waals surface area contributed by atoms with E-state index in [1.165, 1.54) is 25.9 Å². The van der Waals surface area contributed by atoms with E-state index in [9.17, 15) is 0 Å². The molecule has 1 heterocycles. The monoisotopic (exact) mass is 277 g/mol. The average Bonchev–Trinajstić information content (AvgIpc) is 2.41. The van der Waals surface area contributed by atoms with E-state index in [1.54, 1.807) is 0 Å². The van der Waals surface area contributed by atoms with Crippen molar-refractivity contribution in [1.82, 2.24) is 4.90 Å². The van der Waals surface area contributed by atoms with E-state index in [4.69, 9.17) is 10.5 Å². The van der Waals surface area contributed by atoms with E-state index >= 15 is 0 Å². The number of rotatable bonds is 5. The Labute approximate surface area is 122 Å². The average molecular weight is 277 g/mol. The van der Waals surface area contributed by atoms with Crippen LogP contribution < -0.4 is 15.8 Å². The molecule has 1 saturated heterocycles. The number of nitrogens with one attached hydrogen (secondary N) is 1. The van der Waals surface area contributed by atoms with Crippen molar-refractivity contribution in [2.45, 2.75) is 32.8 Å². The lowest BCUT2D eigenvalue weighted by Crippen LogP contribution is -2.33. The Morgan fingerprint density at radius 1 is 1.35 bits per heavy atom. The highest BCUT2D eigenvalue weighted by Crippen LogP contribution is 2.30. The van der Waals surface area contributed by atoms with Crippen molar-refractivity contribution in [2.75, 3.05) is 37.7 Å². The summed E-state index contributed by atoms with van der Waals surface area (Å²) >= 11 is 0. The molecule has 0 aromatic heterocycles. The number of nitrogen functional groups attached to an aromatic ring is 1. The fraction of sp³-hybridized carbons (Fsp3) is 0.625. The molecular weight excluding hydrogens is 250 g/mol. The first-order chi connectivity index (χ1) is 9.56. The number of hydrogen-bond acceptors (Lipinski definition) is 4. The molecule has 0 amide bonds. The molecule has 1 fully saturated rings. The van der Waals surface area contributed by atoms with Crippen molar-refractivity contribution >= 4 is 11.4 Å². The lowest BCUT2D eigenvalue weighted by molar-refractivity contribution is 0.226. The third kappa shape index (κ3) is 4.04. The minimum Gasteiger partial charge on any atom is -0.489 e. The summed E-state index contributed by atoms with van der Waals surface area (Å²) in [4.78, 5) is 2.39. The molecule has 4 nitrogen and oxygen atoms in total. The lowest BCUT2D eigenvalue weighted by Gasteiger charge is -2.29. The highest BCUT2D eigenvalue weighted by molar-refractivity contribution is 5.72. The summed E-state index contributed by atoms with van der Waals surface area (Å²) in [5.74, 6) is 1.51. The quantitative estimate of drug-likeness (QED) is 0.813. The van der Waals surface area contributed by atoms with Crippen LogP contribution in [0.1, 0.15) is 26.7 Å². The van der Waals surface area contributed by atoms with Gasteiger partial charge in [-0.25, -0.2) is 0 Å². The van der Waals surface area contributed by atoms with Crippen LogP contribution in [0.25, 0.3) is 0 Å². The molecule has 0 unspecified atom stereocenters. The molecule has 1 aliphatic rings. The Morgan fingerprint density at radius 2 is 2.05 bits per heavy atom. The third-order valence-corrected chi connectivity index (χ3v) is 3.85. The zero-order valence-electron chi connectivity index (χ0n) is 12.9. The van der Waals surface area contributed by atoms with Gasteiger partial charge in [-0.3, -0.25) is 0 Å². The smallest absolute Gasteiger partial charge is 0.144 e. The normalized spacial score (nSPS) is 17.4. The molecule has 0 aliphatic carbocycles. The number of likely N-dealkylation sites (tertiary alicyclic amines) is 1. The van der Waals surface area contributed by atoms with Crippen LogP contribution in [0.2, 0.25) is 0 Å². The molecule has 4 heteroatoms. The second kappa shape index (κ2) is 6.84. The van der Waals surface area contributed by atoms with Crippen molar-refractivity contribution in [3.8, 4) is 5.75 Å². The molecule has 0 saturated carbocycles. The number of benzene rings is 1. The highest BCUT2D eigenvalue weighted by Gasteiger charge is 2.17. The zero-order chi connectivity index (χ0) is 14.5. The second-order valence-corrected chi connectivity index (χ2v) is 6.01. The number of para-hydroxylation sites is 1. The number of nitrogens with two attached hydrogens (primary N) is 1. The van der Waals surface area contributed by atoms with Crippen molar-refractivity contribution in [2.24, 2.45) is 5.92 Å². The van der Waals surface area contributed by atoms with Gasteiger partial charge in [-0.2, -0.15) is 0 Å². The van der Waals surface area contributed by atoms with Gasteiger partial charge in [-0.1, -0.05) is 6.07 Å². The number of piperidine rings is 1. The predicted octanol–water partition coefficient (Wildman–Crippen LogP) is 2.81. The fourth-order valence-electron chi connectivity index (χ4n) is 2.58. The van der Waals surface area contributed by atoms with Gasteiger partial charge in [0.05, 0.1) is 17.5 Å². The Hall–Kier alpha value is -1.42. The van der Waals surface area contributed by atoms with Crippen LogP contribution in [0.3, 0.4) is 0 Å². The number of hydrogen-bond donors (Lipinski definition) is 2. The molecule has 0 atom stereocenters. The minimum absolute atomic E-state index is 0.140. The van der Waals surface area contributed by atoms with Gasteiger partial charge >= 0.3 is 0 Å². The van der Waals surface area contributed by atoms with Crippen molar-refractivity contribution in [1.29, 1.82) is 0 Å². The molecule has 1 aliphatic heterocycles. The van der Waals surface area contributed by atoms with Gasteiger partial charge in [0.15, 0.2) is 0 Å². The second-order valence-electron chi connectivity index (χ2n) is 6.01. The Bertz CT molecular complexity index is 426. The van der Waals surface area contributed by atoms with Crippen LogP contribution in [-0.2, 0) is 0 Å². The van der Waals surface area contributed by atoms with E-state index in [0.29, 0.717) is 5.69 Å². The van der Waals surface area contributed by atoms with Gasteiger partial charge in [0.1, 0.15) is 5.75 Å². The van der Waals surface area contributed by atoms with Crippen LogP contribution in [0, 0.1) is 5.92 Å². The largest absolute Gasteiger partial charge is 0.489 e. The zero-order valence-corrected chi connectivity index (χ0v) is 12.9. The van der Waals surface area contributed by atoms with Crippen LogP contribution in [0.15, 0.2) is 18.2 Å². The molecule has 20 heavy (non-hydrogen) atoms. The molecule has 2 rings (SSSR count). The Kier molecular flexibility index (Phi) is 5.12. The van der Waals surface area contributed by atoms with E-state index in [-0.39, 0.29) is 6.10 Å². The van der Waals surface area contributed by atoms with Crippen molar-refractivity contribution < 1.29 is 4.74 Å². The summed E-state index contributed by atoms with van der Waals surface area (Å²) in [6, 6.07) is 5.94. The maximum Gasteiger partial charge on any atom is 0.144 e. The standard InChI is InChI=1S/C16H27N3O/c1-12(2)20-15-6-4-5-14(16(15)17)18-11-13-7-9-19(3)10-8-13/h4-6,12-13,18H,7-11,17H2,1-3H3. The summed E-state index contributed by atoms with van der Waals surface area (Å²) in [5.41, 5.74) is 7.88. The van der Waals surface area contributed by atoms with Gasteiger partial charge in [0, 0.05) is 6.54 Å². The molecule has 1 aromatic rings. The summed E-state index contributed by atoms with van der Waals surface area (Å²) in [6.45, 7) is 7.40. The van der Waals surface area contributed by atoms with Crippen molar-refractivity contribution in [3.63, 3.8) is 0 Å². The summed E-state index contributed by atoms with van der Waals surface area (Å²) < 4.78 is 5.72. The van der Waals surface area contributed by atoms with Crippen LogP contribution in [0.5, 0.6) is 5.75 Å². The molecule has 3 N–H and O–H groups in total. The molecular formula is C16H27N3O. The summed E-state index contributed by atoms with van der Waals surface area (Å²) in [6.07, 6.45) is 2.65. The molecule has 0 radical (unpaired) electrons. The van der Waals surface area contributed by atoms with E-state index < -0.39 is 0 Å². The predicted molar refractivity (Wildman–Crippen MR) is 85.3 cm³/mol. The van der Waals surface area contributed by atoms with Gasteiger partial charge in [-0.05, 0) is 64.9 Å². The van der Waals surface area contributed by atoms with E-state index in [1.807, 2.05) is 32.0 Å². The first kappa shape index (κ1) is 15.0. The number of ether oxygens (including phenoxy) is 1. The van der Waals surface area contributed by atoms with Gasteiger partial charge < -0.3 is 20.7 Å². The molecule has 1 aromatic carbocycles. The molecule has 0 spiro atoms. The maximum atomic E-state index is 6.17. The van der Waals surface area contributed by atoms with Crippen molar-refractivity contribution in [3.05, 3.63) is 18.2 Å². The first-order valence-electron chi connectivity index (χ1n) is 7.54. The van der Waals surface area contributed by atoms with Gasteiger partial charge in [0.25, 0.3) is 0 Å². The van der Waals surface area contributed by atoms with Crippen LogP contribution in [-0.4, -0.2) is 37.7 Å². The van der Waals surface area contributed by atoms with Gasteiger partial charge in [-0.15, -0.1) is 0 Å². The van der Waals surface area contributed by atoms with E-state index in [2.05, 4.69) is 17.3 Å². The minimum atomic E-state index is 0.140. The van der Waals surface area contributed by atoms with E-state index in [0.717, 1.165) is 23.9 Å². The topological polar surface area (TPSA) is 50.5 Å². The molecule has 112 valence electrons. The first-order valence-corrected chi connectivity index (χ1v) is 7.54. The third-order valence-electron chi connectivity index (χ3n) is 3.85. The lowest BCUT2D eigenvalue weighted by atomic mass is 9.97. The summed E-state index contributed by atoms with van der Waals surface area (Å²) in [7, 11) is 2.19. The Morgan fingerprint density at radius 3 is 2.70 bits per heavy atom. The highest BCUT2D eigenvalue weighted by atomic mass is 16.5. The molecule has 0 bridgehead atoms. The fourth-order valence-corrected chi connectivity index (χ4v) is 2.58. The van der Waals surface area contributed by atoms with Gasteiger partial charge in [0.2, 0.25) is 0 Å². The summed E-state index contributed by atoms with van der Waals surface area (Å²) in [5, 5.41) is 3.49. The number of anilines is 2. The SMILES string of the molecule is CC(C)Oc1cccc(NCC2CCN(C)CC2)c1N. The maximum absolute atomic E-state index is 6.17.